The minimum absolute atomic E-state index is 0.0687. The number of allylic oxidation sites excluding steroid dienone is 4. The molecule has 0 amide bonds. The van der Waals surface area contributed by atoms with Crippen LogP contribution in [0.1, 0.15) is 40.0 Å². The molecule has 4 nitrogen and oxygen atoms in total. The van der Waals surface area contributed by atoms with E-state index in [-0.39, 0.29) is 30.0 Å². The summed E-state index contributed by atoms with van der Waals surface area (Å²) in [6, 6.07) is 0. The van der Waals surface area contributed by atoms with Crippen molar-refractivity contribution in [3.8, 4) is 0 Å². The molecule has 7 heteroatoms. The lowest BCUT2D eigenvalue weighted by Gasteiger charge is -2.63. The van der Waals surface area contributed by atoms with Crippen molar-refractivity contribution in [2.75, 3.05) is 5.75 Å². The number of rotatable bonds is 2. The van der Waals surface area contributed by atoms with E-state index in [4.69, 9.17) is 0 Å². The van der Waals surface area contributed by atoms with Gasteiger partial charge in [-0.25, -0.2) is 8.78 Å². The van der Waals surface area contributed by atoms with Gasteiger partial charge in [0.1, 0.15) is 11.8 Å². The fourth-order valence-corrected chi connectivity index (χ4v) is 7.50. The lowest BCUT2D eigenvalue weighted by molar-refractivity contribution is -0.222. The van der Waals surface area contributed by atoms with E-state index in [2.05, 4.69) is 12.6 Å². The highest BCUT2D eigenvalue weighted by atomic mass is 32.1. The van der Waals surface area contributed by atoms with Crippen molar-refractivity contribution in [2.45, 2.75) is 63.6 Å². The second kappa shape index (κ2) is 6.24. The Morgan fingerprint density at radius 2 is 1.97 bits per heavy atom. The van der Waals surface area contributed by atoms with Crippen LogP contribution >= 0.6 is 12.6 Å². The summed E-state index contributed by atoms with van der Waals surface area (Å²) in [5, 5.41) is 22.6. The van der Waals surface area contributed by atoms with Crippen LogP contribution in [0.3, 0.4) is 0 Å². The standard InChI is InChI=1S/C22H28F2O4S/c1-11-6-13-14-8-16(23)15-7-12(25)4-5-19(15,2)21(14,24)17(26)9-20(13,3)22(11,28)18(27)10-29/h4-5,7,11,13-14,16-17,26,28-29H,6,8-10H2,1-3H3/t11-,13+,14+,16?,17+,19+,20+,21?,22+/m1/s1. The van der Waals surface area contributed by atoms with Crippen molar-refractivity contribution in [1.29, 1.82) is 0 Å². The molecule has 0 heterocycles. The van der Waals surface area contributed by atoms with Gasteiger partial charge in [0.15, 0.2) is 17.2 Å². The van der Waals surface area contributed by atoms with E-state index in [1.807, 2.05) is 0 Å². The molecule has 0 saturated heterocycles. The number of aliphatic hydroxyl groups is 2. The van der Waals surface area contributed by atoms with Crippen LogP contribution in [-0.4, -0.2) is 51.1 Å². The number of thiol groups is 1. The van der Waals surface area contributed by atoms with Crippen LogP contribution in [0.5, 0.6) is 0 Å². The van der Waals surface area contributed by atoms with Gasteiger partial charge in [-0.1, -0.05) is 19.9 Å². The predicted octanol–water partition coefficient (Wildman–Crippen LogP) is 2.78. The lowest BCUT2D eigenvalue weighted by atomic mass is 9.44. The maximum Gasteiger partial charge on any atom is 0.178 e. The fourth-order valence-electron chi connectivity index (χ4n) is 7.25. The topological polar surface area (TPSA) is 74.6 Å². The van der Waals surface area contributed by atoms with Crippen molar-refractivity contribution in [1.82, 2.24) is 0 Å². The van der Waals surface area contributed by atoms with Gasteiger partial charge < -0.3 is 10.2 Å². The van der Waals surface area contributed by atoms with Gasteiger partial charge in [0.2, 0.25) is 0 Å². The van der Waals surface area contributed by atoms with Gasteiger partial charge in [0.25, 0.3) is 0 Å². The molecule has 4 rings (SSSR count). The van der Waals surface area contributed by atoms with E-state index in [0.29, 0.717) is 6.42 Å². The molecule has 2 unspecified atom stereocenters. The summed E-state index contributed by atoms with van der Waals surface area (Å²) in [4.78, 5) is 24.5. The third-order valence-corrected chi connectivity index (χ3v) is 9.07. The lowest BCUT2D eigenvalue weighted by Crippen LogP contribution is -2.70. The van der Waals surface area contributed by atoms with Crippen molar-refractivity contribution in [3.05, 3.63) is 23.8 Å². The second-order valence-electron chi connectivity index (χ2n) is 9.84. The quantitative estimate of drug-likeness (QED) is 0.594. The third kappa shape index (κ3) is 2.27. The molecule has 0 radical (unpaired) electrons. The predicted molar refractivity (Wildman–Crippen MR) is 107 cm³/mol. The van der Waals surface area contributed by atoms with E-state index in [1.54, 1.807) is 13.8 Å². The van der Waals surface area contributed by atoms with E-state index in [1.165, 1.54) is 19.1 Å². The summed E-state index contributed by atoms with van der Waals surface area (Å²) < 4.78 is 32.2. The number of aliphatic hydroxyl groups excluding tert-OH is 1. The first-order valence-electron chi connectivity index (χ1n) is 10.2. The Bertz CT molecular complexity index is 843. The molecule has 0 aromatic heterocycles. The van der Waals surface area contributed by atoms with Crippen molar-refractivity contribution in [3.63, 3.8) is 0 Å². The van der Waals surface area contributed by atoms with E-state index >= 15 is 8.78 Å². The van der Waals surface area contributed by atoms with E-state index in [9.17, 15) is 19.8 Å². The van der Waals surface area contributed by atoms with Crippen LogP contribution in [0.4, 0.5) is 8.78 Å². The van der Waals surface area contributed by atoms with Crippen LogP contribution in [0.15, 0.2) is 23.8 Å². The van der Waals surface area contributed by atoms with Gasteiger partial charge >= 0.3 is 0 Å². The normalized spacial score (nSPS) is 53.7. The Morgan fingerprint density at radius 1 is 1.31 bits per heavy atom. The molecule has 3 saturated carbocycles. The fraction of sp³-hybridized carbons (Fsp3) is 0.727. The number of alkyl halides is 2. The maximum absolute atomic E-state index is 16.9. The number of carbonyl (C=O) groups is 2. The average Bonchev–Trinajstić information content (AvgIpc) is 2.86. The number of hydrogen-bond donors (Lipinski definition) is 3. The van der Waals surface area contributed by atoms with Gasteiger partial charge in [-0.05, 0) is 55.7 Å². The zero-order valence-corrected chi connectivity index (χ0v) is 17.8. The highest BCUT2D eigenvalue weighted by Crippen LogP contribution is 2.70. The molecule has 160 valence electrons. The third-order valence-electron chi connectivity index (χ3n) is 8.78. The Morgan fingerprint density at radius 3 is 2.59 bits per heavy atom. The first-order valence-corrected chi connectivity index (χ1v) is 10.8. The minimum atomic E-state index is -2.20. The monoisotopic (exact) mass is 426 g/mol. The molecule has 2 N–H and O–H groups in total. The first-order chi connectivity index (χ1) is 13.4. The van der Waals surface area contributed by atoms with Crippen LogP contribution in [0.2, 0.25) is 0 Å². The largest absolute Gasteiger partial charge is 0.390 e. The molecule has 0 bridgehead atoms. The summed E-state index contributed by atoms with van der Waals surface area (Å²) in [7, 11) is 0. The van der Waals surface area contributed by atoms with Crippen LogP contribution in [0.25, 0.3) is 0 Å². The molecule has 4 aliphatic carbocycles. The molecule has 9 atom stereocenters. The maximum atomic E-state index is 16.9. The molecule has 0 aromatic rings. The summed E-state index contributed by atoms with van der Waals surface area (Å²) >= 11 is 4.05. The van der Waals surface area contributed by atoms with Gasteiger partial charge in [0.05, 0.1) is 11.9 Å². The van der Waals surface area contributed by atoms with Crippen LogP contribution in [-0.2, 0) is 9.59 Å². The molecule has 29 heavy (non-hydrogen) atoms. The highest BCUT2D eigenvalue weighted by molar-refractivity contribution is 7.81. The van der Waals surface area contributed by atoms with Crippen molar-refractivity contribution in [2.24, 2.45) is 28.6 Å². The van der Waals surface area contributed by atoms with Gasteiger partial charge in [0, 0.05) is 16.7 Å². The molecular formula is C22H28F2O4S. The molecule has 3 fully saturated rings. The Hall–Kier alpha value is -1.05. The molecule has 4 aliphatic rings. The zero-order valence-electron chi connectivity index (χ0n) is 16.9. The highest BCUT2D eigenvalue weighted by Gasteiger charge is 2.76. The van der Waals surface area contributed by atoms with Gasteiger partial charge in [-0.2, -0.15) is 12.6 Å². The Balaban J connectivity index is 1.87. The van der Waals surface area contributed by atoms with E-state index < -0.39 is 57.9 Å². The van der Waals surface area contributed by atoms with Gasteiger partial charge in [-0.15, -0.1) is 0 Å². The molecular weight excluding hydrogens is 398 g/mol. The van der Waals surface area contributed by atoms with Crippen molar-refractivity contribution < 1.29 is 28.6 Å². The Kier molecular flexibility index (Phi) is 4.56. The van der Waals surface area contributed by atoms with Crippen LogP contribution < -0.4 is 0 Å². The number of carbonyl (C=O) groups excluding carboxylic acids is 2. The number of fused-ring (bicyclic) bond motifs is 5. The second-order valence-corrected chi connectivity index (χ2v) is 10.2. The summed E-state index contributed by atoms with van der Waals surface area (Å²) in [6.45, 7) is 5.00. The molecule has 0 aliphatic heterocycles. The first kappa shape index (κ1) is 21.2. The van der Waals surface area contributed by atoms with Gasteiger partial charge in [-0.3, -0.25) is 9.59 Å². The SMILES string of the molecule is C[C@@H]1C[C@H]2[C@@H]3CC(F)C4=CC(=O)C=C[C@]4(C)C3(F)[C@@H](O)C[C@]2(C)[C@@]1(O)C(=O)CS. The Labute approximate surface area is 174 Å². The summed E-state index contributed by atoms with van der Waals surface area (Å²) in [5.74, 6) is -2.83. The number of halogens is 2. The van der Waals surface area contributed by atoms with E-state index in [0.717, 1.165) is 6.08 Å². The molecule has 0 aromatic carbocycles. The molecule has 0 spiro atoms. The number of hydrogen-bond acceptors (Lipinski definition) is 5. The smallest absolute Gasteiger partial charge is 0.178 e. The number of ketones is 2. The van der Waals surface area contributed by atoms with Crippen molar-refractivity contribution >= 4 is 24.2 Å². The number of Topliss-reactive ketones (excluding diaryl/α,β-unsaturated/α-hetero) is 1. The minimum Gasteiger partial charge on any atom is -0.390 e. The van der Waals surface area contributed by atoms with Crippen LogP contribution in [0, 0.1) is 28.6 Å². The summed E-state index contributed by atoms with van der Waals surface area (Å²) in [6.07, 6.45) is 0.790. The zero-order chi connectivity index (χ0) is 21.6. The average molecular weight is 427 g/mol. The summed E-state index contributed by atoms with van der Waals surface area (Å²) in [5.41, 5.74) is -6.42.